The first-order valence-corrected chi connectivity index (χ1v) is 9.79. The second-order valence-corrected chi connectivity index (χ2v) is 8.07. The molecule has 1 aromatic carbocycles. The van der Waals surface area contributed by atoms with Crippen LogP contribution in [0, 0.1) is 5.41 Å². The number of hydrogen-bond acceptors (Lipinski definition) is 3. The third-order valence-corrected chi connectivity index (χ3v) is 6.50. The van der Waals surface area contributed by atoms with E-state index >= 15 is 0 Å². The van der Waals surface area contributed by atoms with Crippen LogP contribution in [0.4, 0.5) is 0 Å². The van der Waals surface area contributed by atoms with Gasteiger partial charge in [0.25, 0.3) is 0 Å². The van der Waals surface area contributed by atoms with Gasteiger partial charge in [-0.05, 0) is 67.7 Å². The number of amides is 1. The molecular formula is C21H29ClN2O2. The van der Waals surface area contributed by atoms with Gasteiger partial charge in [0.05, 0.1) is 0 Å². The van der Waals surface area contributed by atoms with Gasteiger partial charge in [0.2, 0.25) is 5.91 Å². The van der Waals surface area contributed by atoms with E-state index in [2.05, 4.69) is 11.4 Å². The fraction of sp³-hybridized carbons (Fsp3) is 0.619. The number of likely N-dealkylation sites (tertiary alicyclic amines) is 1. The summed E-state index contributed by atoms with van der Waals surface area (Å²) in [4.78, 5) is 26.9. The van der Waals surface area contributed by atoms with E-state index in [1.807, 2.05) is 17.0 Å². The number of aryl methyl sites for hydroxylation is 2. The molecule has 0 radical (unpaired) electrons. The van der Waals surface area contributed by atoms with Crippen molar-refractivity contribution in [3.63, 3.8) is 0 Å². The van der Waals surface area contributed by atoms with Gasteiger partial charge in [0.1, 0.15) is 0 Å². The predicted octanol–water partition coefficient (Wildman–Crippen LogP) is 3.16. The smallest absolute Gasteiger partial charge is 0.223 e. The molecular weight excluding hydrogens is 348 g/mol. The molecule has 4 nitrogen and oxygen atoms in total. The first-order valence-electron chi connectivity index (χ1n) is 9.79. The molecule has 1 aliphatic carbocycles. The van der Waals surface area contributed by atoms with Crippen molar-refractivity contribution in [3.8, 4) is 0 Å². The van der Waals surface area contributed by atoms with Crippen molar-refractivity contribution in [1.29, 1.82) is 0 Å². The van der Waals surface area contributed by atoms with Gasteiger partial charge in [-0.15, -0.1) is 12.4 Å². The number of ketones is 1. The molecule has 5 heteroatoms. The number of benzene rings is 1. The number of Topliss-reactive ketones (excluding diaryl/α,β-unsaturated/α-hetero) is 1. The molecule has 1 spiro atoms. The summed E-state index contributed by atoms with van der Waals surface area (Å²) in [5, 5.41) is 3.45. The van der Waals surface area contributed by atoms with E-state index in [-0.39, 0.29) is 24.1 Å². The number of halogens is 1. The summed E-state index contributed by atoms with van der Waals surface area (Å²) in [6.45, 7) is 3.93. The Bertz CT molecular complexity index is 673. The molecule has 3 aliphatic rings. The van der Waals surface area contributed by atoms with E-state index in [1.165, 1.54) is 24.0 Å². The Morgan fingerprint density at radius 2 is 1.81 bits per heavy atom. The average Bonchev–Trinajstić information content (AvgIpc) is 3.29. The summed E-state index contributed by atoms with van der Waals surface area (Å²) >= 11 is 0. The Morgan fingerprint density at radius 3 is 2.54 bits per heavy atom. The number of carbonyl (C=O) groups excluding carboxylic acids is 2. The van der Waals surface area contributed by atoms with Crippen LogP contribution in [-0.4, -0.2) is 42.8 Å². The molecule has 0 atom stereocenters. The van der Waals surface area contributed by atoms with Crippen molar-refractivity contribution in [3.05, 3.63) is 34.9 Å². The number of rotatable bonds is 4. The minimum Gasteiger partial charge on any atom is -0.343 e. The molecule has 0 aromatic heterocycles. The maximum absolute atomic E-state index is 12.5. The molecule has 0 bridgehead atoms. The quantitative estimate of drug-likeness (QED) is 0.821. The van der Waals surface area contributed by atoms with E-state index in [9.17, 15) is 9.59 Å². The highest BCUT2D eigenvalue weighted by Crippen LogP contribution is 2.37. The van der Waals surface area contributed by atoms with Gasteiger partial charge in [-0.2, -0.15) is 0 Å². The normalized spacial score (nSPS) is 20.7. The summed E-state index contributed by atoms with van der Waals surface area (Å²) in [6, 6.07) is 6.08. The maximum Gasteiger partial charge on any atom is 0.223 e. The predicted molar refractivity (Wildman–Crippen MR) is 105 cm³/mol. The minimum absolute atomic E-state index is 0. The second kappa shape index (κ2) is 8.10. The number of fused-ring (bicyclic) bond motifs is 1. The Labute approximate surface area is 162 Å². The third-order valence-electron chi connectivity index (χ3n) is 6.50. The van der Waals surface area contributed by atoms with E-state index in [0.717, 1.165) is 57.4 Å². The van der Waals surface area contributed by atoms with Gasteiger partial charge in [-0.3, -0.25) is 9.59 Å². The Morgan fingerprint density at radius 1 is 1.04 bits per heavy atom. The highest BCUT2D eigenvalue weighted by atomic mass is 35.5. The van der Waals surface area contributed by atoms with Crippen LogP contribution >= 0.6 is 12.4 Å². The zero-order valence-corrected chi connectivity index (χ0v) is 16.2. The Kier molecular flexibility index (Phi) is 6.03. The summed E-state index contributed by atoms with van der Waals surface area (Å²) in [6.07, 6.45) is 7.54. The number of carbonyl (C=O) groups is 2. The molecule has 2 fully saturated rings. The number of piperidine rings is 1. The lowest BCUT2D eigenvalue weighted by Crippen LogP contribution is -2.44. The molecule has 0 saturated carbocycles. The molecule has 1 aromatic rings. The number of nitrogens with zero attached hydrogens (tertiary/aromatic N) is 1. The second-order valence-electron chi connectivity index (χ2n) is 8.07. The van der Waals surface area contributed by atoms with Crippen molar-refractivity contribution in [2.75, 3.05) is 26.2 Å². The standard InChI is InChI=1S/C21H28N2O2.ClH/c24-19(18-5-4-16-2-1-3-17(16)14-18)6-7-20(25)23-12-9-21(10-13-23)8-11-22-15-21;/h4-5,14,22H,1-3,6-13,15H2;1H. The summed E-state index contributed by atoms with van der Waals surface area (Å²) < 4.78 is 0. The highest BCUT2D eigenvalue weighted by Gasteiger charge is 2.37. The molecule has 0 unspecified atom stereocenters. The summed E-state index contributed by atoms with van der Waals surface area (Å²) in [7, 11) is 0. The lowest BCUT2D eigenvalue weighted by Gasteiger charge is -2.39. The molecule has 4 rings (SSSR count). The van der Waals surface area contributed by atoms with Crippen LogP contribution in [0.15, 0.2) is 18.2 Å². The highest BCUT2D eigenvalue weighted by molar-refractivity contribution is 5.98. The number of hydrogen-bond donors (Lipinski definition) is 1. The monoisotopic (exact) mass is 376 g/mol. The fourth-order valence-electron chi connectivity index (χ4n) is 4.72. The molecule has 2 saturated heterocycles. The molecule has 1 amide bonds. The first-order chi connectivity index (χ1) is 12.2. The zero-order valence-electron chi connectivity index (χ0n) is 15.4. The lowest BCUT2D eigenvalue weighted by molar-refractivity contribution is -0.133. The largest absolute Gasteiger partial charge is 0.343 e. The molecule has 2 aliphatic heterocycles. The van der Waals surface area contributed by atoms with Gasteiger partial charge in [-0.1, -0.05) is 12.1 Å². The van der Waals surface area contributed by atoms with E-state index < -0.39 is 0 Å². The van der Waals surface area contributed by atoms with Gasteiger partial charge < -0.3 is 10.2 Å². The van der Waals surface area contributed by atoms with Crippen LogP contribution in [-0.2, 0) is 17.6 Å². The minimum atomic E-state index is 0. The van der Waals surface area contributed by atoms with E-state index in [4.69, 9.17) is 0 Å². The Hall–Kier alpha value is -1.39. The van der Waals surface area contributed by atoms with Crippen LogP contribution in [0.2, 0.25) is 0 Å². The van der Waals surface area contributed by atoms with Crippen molar-refractivity contribution in [2.24, 2.45) is 5.41 Å². The fourth-order valence-corrected chi connectivity index (χ4v) is 4.72. The van der Waals surface area contributed by atoms with Crippen LogP contribution in [0.25, 0.3) is 0 Å². The maximum atomic E-state index is 12.5. The Balaban J connectivity index is 0.00000196. The van der Waals surface area contributed by atoms with Crippen molar-refractivity contribution in [2.45, 2.75) is 51.4 Å². The van der Waals surface area contributed by atoms with Gasteiger partial charge in [0.15, 0.2) is 5.78 Å². The van der Waals surface area contributed by atoms with Crippen molar-refractivity contribution >= 4 is 24.1 Å². The van der Waals surface area contributed by atoms with Gasteiger partial charge in [-0.25, -0.2) is 0 Å². The summed E-state index contributed by atoms with van der Waals surface area (Å²) in [5.41, 5.74) is 3.92. The lowest BCUT2D eigenvalue weighted by atomic mass is 9.78. The van der Waals surface area contributed by atoms with E-state index in [1.54, 1.807) is 0 Å². The molecule has 142 valence electrons. The first kappa shape index (κ1) is 19.4. The van der Waals surface area contributed by atoms with Crippen LogP contribution in [0.3, 0.4) is 0 Å². The molecule has 2 heterocycles. The third kappa shape index (κ3) is 3.96. The SMILES string of the molecule is Cl.O=C(CCC(=O)N1CCC2(CCNC2)CC1)c1ccc2c(c1)CCC2. The van der Waals surface area contributed by atoms with Gasteiger partial charge in [0, 0.05) is 38.0 Å². The average molecular weight is 377 g/mol. The topological polar surface area (TPSA) is 49.4 Å². The zero-order chi connectivity index (χ0) is 17.3. The molecule has 26 heavy (non-hydrogen) atoms. The van der Waals surface area contributed by atoms with Gasteiger partial charge >= 0.3 is 0 Å². The van der Waals surface area contributed by atoms with Crippen molar-refractivity contribution < 1.29 is 9.59 Å². The van der Waals surface area contributed by atoms with E-state index in [0.29, 0.717) is 18.3 Å². The summed E-state index contributed by atoms with van der Waals surface area (Å²) in [5.74, 6) is 0.256. The van der Waals surface area contributed by atoms with Crippen LogP contribution in [0.1, 0.15) is 60.0 Å². The molecule has 1 N–H and O–H groups in total. The van der Waals surface area contributed by atoms with Crippen LogP contribution in [0.5, 0.6) is 0 Å². The van der Waals surface area contributed by atoms with Crippen LogP contribution < -0.4 is 5.32 Å². The number of nitrogens with one attached hydrogen (secondary N) is 1. The van der Waals surface area contributed by atoms with Crippen molar-refractivity contribution in [1.82, 2.24) is 10.2 Å².